The Hall–Kier alpha value is -1.71. The second-order valence-electron chi connectivity index (χ2n) is 5.54. The van der Waals surface area contributed by atoms with E-state index in [0.717, 1.165) is 18.0 Å². The Bertz CT molecular complexity index is 429. The molecule has 0 aliphatic heterocycles. The van der Waals surface area contributed by atoms with Gasteiger partial charge in [-0.2, -0.15) is 0 Å². The summed E-state index contributed by atoms with van der Waals surface area (Å²) < 4.78 is 0. The van der Waals surface area contributed by atoms with E-state index in [2.05, 4.69) is 26.1 Å². The highest BCUT2D eigenvalue weighted by Crippen LogP contribution is 2.20. The molecule has 0 aliphatic carbocycles. The Morgan fingerprint density at radius 3 is 2.53 bits per heavy atom. The number of rotatable bonds is 7. The molecule has 1 rings (SSSR count). The Morgan fingerprint density at radius 1 is 1.26 bits per heavy atom. The van der Waals surface area contributed by atoms with Gasteiger partial charge in [-0.3, -0.25) is 4.79 Å². The number of carbonyl (C=O) groups is 1. The SMILES string of the molecule is CC(C)CCCC(C)Nc1ccc(N)cc1C(N)=O. The van der Waals surface area contributed by atoms with E-state index >= 15 is 0 Å². The van der Waals surface area contributed by atoms with Crippen LogP contribution in [0.15, 0.2) is 18.2 Å². The van der Waals surface area contributed by atoms with E-state index in [-0.39, 0.29) is 0 Å². The quantitative estimate of drug-likeness (QED) is 0.661. The first kappa shape index (κ1) is 15.3. The molecule has 0 radical (unpaired) electrons. The van der Waals surface area contributed by atoms with Gasteiger partial charge < -0.3 is 16.8 Å². The lowest BCUT2D eigenvalue weighted by Crippen LogP contribution is -2.20. The molecule has 19 heavy (non-hydrogen) atoms. The monoisotopic (exact) mass is 263 g/mol. The molecule has 1 amide bonds. The summed E-state index contributed by atoms with van der Waals surface area (Å²) in [6.45, 7) is 6.56. The smallest absolute Gasteiger partial charge is 0.250 e. The van der Waals surface area contributed by atoms with Gasteiger partial charge >= 0.3 is 0 Å². The zero-order valence-corrected chi connectivity index (χ0v) is 12.1. The van der Waals surface area contributed by atoms with E-state index in [0.29, 0.717) is 17.3 Å². The van der Waals surface area contributed by atoms with Crippen LogP contribution in [-0.2, 0) is 0 Å². The first-order valence-corrected chi connectivity index (χ1v) is 6.86. The normalized spacial score (nSPS) is 12.4. The van der Waals surface area contributed by atoms with Gasteiger partial charge in [0.1, 0.15) is 0 Å². The highest BCUT2D eigenvalue weighted by Gasteiger charge is 2.11. The number of benzene rings is 1. The van der Waals surface area contributed by atoms with E-state index in [1.807, 2.05) is 6.07 Å². The van der Waals surface area contributed by atoms with Gasteiger partial charge in [-0.25, -0.2) is 0 Å². The van der Waals surface area contributed by atoms with E-state index in [1.54, 1.807) is 12.1 Å². The van der Waals surface area contributed by atoms with Gasteiger partial charge in [-0.05, 0) is 37.5 Å². The Morgan fingerprint density at radius 2 is 1.95 bits per heavy atom. The number of amides is 1. The van der Waals surface area contributed by atoms with Crippen molar-refractivity contribution in [3.63, 3.8) is 0 Å². The van der Waals surface area contributed by atoms with Gasteiger partial charge in [0.15, 0.2) is 0 Å². The molecule has 0 fully saturated rings. The van der Waals surface area contributed by atoms with Crippen LogP contribution in [0.25, 0.3) is 0 Å². The first-order valence-electron chi connectivity index (χ1n) is 6.86. The maximum atomic E-state index is 11.4. The molecule has 1 aromatic rings. The molecule has 0 saturated heterocycles. The molecular formula is C15H25N3O. The van der Waals surface area contributed by atoms with Crippen LogP contribution in [0.2, 0.25) is 0 Å². The van der Waals surface area contributed by atoms with E-state index < -0.39 is 5.91 Å². The van der Waals surface area contributed by atoms with Gasteiger partial charge in [0.05, 0.1) is 5.56 Å². The zero-order chi connectivity index (χ0) is 14.4. The molecule has 1 aromatic carbocycles. The average molecular weight is 263 g/mol. The van der Waals surface area contributed by atoms with Gasteiger partial charge in [-0.15, -0.1) is 0 Å². The number of hydrogen-bond acceptors (Lipinski definition) is 3. The largest absolute Gasteiger partial charge is 0.399 e. The third kappa shape index (κ3) is 5.20. The number of carbonyl (C=O) groups excluding carboxylic acids is 1. The highest BCUT2D eigenvalue weighted by molar-refractivity contribution is 5.99. The molecule has 0 bridgehead atoms. The fourth-order valence-corrected chi connectivity index (χ4v) is 2.06. The minimum absolute atomic E-state index is 0.306. The lowest BCUT2D eigenvalue weighted by molar-refractivity contribution is 0.100. The molecule has 4 heteroatoms. The number of hydrogen-bond donors (Lipinski definition) is 3. The van der Waals surface area contributed by atoms with Gasteiger partial charge in [-0.1, -0.05) is 26.7 Å². The van der Waals surface area contributed by atoms with Gasteiger partial charge in [0.2, 0.25) is 0 Å². The predicted octanol–water partition coefficient (Wildman–Crippen LogP) is 2.99. The molecular weight excluding hydrogens is 238 g/mol. The van der Waals surface area contributed by atoms with Crippen LogP contribution >= 0.6 is 0 Å². The number of primary amides is 1. The van der Waals surface area contributed by atoms with Crippen molar-refractivity contribution in [3.05, 3.63) is 23.8 Å². The van der Waals surface area contributed by atoms with Crippen molar-refractivity contribution >= 4 is 17.3 Å². The standard InChI is InChI=1S/C15H25N3O/c1-10(2)5-4-6-11(3)18-14-8-7-12(16)9-13(14)15(17)19/h7-11,18H,4-6,16H2,1-3H3,(H2,17,19). The summed E-state index contributed by atoms with van der Waals surface area (Å²) in [5.41, 5.74) is 12.8. The molecule has 0 heterocycles. The van der Waals surface area contributed by atoms with Crippen molar-refractivity contribution < 1.29 is 4.79 Å². The van der Waals surface area contributed by atoms with Crippen LogP contribution < -0.4 is 16.8 Å². The third-order valence-corrected chi connectivity index (χ3v) is 3.13. The summed E-state index contributed by atoms with van der Waals surface area (Å²) in [4.78, 5) is 11.4. The molecule has 0 aromatic heterocycles. The van der Waals surface area contributed by atoms with Crippen molar-refractivity contribution in [3.8, 4) is 0 Å². The first-order chi connectivity index (χ1) is 8.90. The summed E-state index contributed by atoms with van der Waals surface area (Å²) in [6.07, 6.45) is 3.46. The number of nitrogens with one attached hydrogen (secondary N) is 1. The Balaban J connectivity index is 2.63. The lowest BCUT2D eigenvalue weighted by Gasteiger charge is -2.18. The van der Waals surface area contributed by atoms with Crippen molar-refractivity contribution in [2.24, 2.45) is 11.7 Å². The summed E-state index contributed by atoms with van der Waals surface area (Å²) in [5, 5.41) is 3.34. The van der Waals surface area contributed by atoms with Crippen LogP contribution in [0.5, 0.6) is 0 Å². The van der Waals surface area contributed by atoms with Crippen molar-refractivity contribution in [1.29, 1.82) is 0 Å². The minimum atomic E-state index is -0.454. The van der Waals surface area contributed by atoms with Crippen molar-refractivity contribution in [2.75, 3.05) is 11.1 Å². The summed E-state index contributed by atoms with van der Waals surface area (Å²) >= 11 is 0. The van der Waals surface area contributed by atoms with Crippen LogP contribution in [0.1, 0.15) is 50.4 Å². The van der Waals surface area contributed by atoms with Crippen molar-refractivity contribution in [1.82, 2.24) is 0 Å². The summed E-state index contributed by atoms with van der Waals surface area (Å²) in [5.74, 6) is 0.272. The summed E-state index contributed by atoms with van der Waals surface area (Å²) in [6, 6.07) is 5.51. The second kappa shape index (κ2) is 7.02. The summed E-state index contributed by atoms with van der Waals surface area (Å²) in [7, 11) is 0. The molecule has 0 spiro atoms. The van der Waals surface area contributed by atoms with Gasteiger partial charge in [0.25, 0.3) is 5.91 Å². The maximum absolute atomic E-state index is 11.4. The van der Waals surface area contributed by atoms with Crippen molar-refractivity contribution in [2.45, 2.75) is 46.1 Å². The third-order valence-electron chi connectivity index (χ3n) is 3.13. The fourth-order valence-electron chi connectivity index (χ4n) is 2.06. The van der Waals surface area contributed by atoms with Crippen LogP contribution in [0.4, 0.5) is 11.4 Å². The highest BCUT2D eigenvalue weighted by atomic mass is 16.1. The van der Waals surface area contributed by atoms with E-state index in [1.165, 1.54) is 12.8 Å². The molecule has 5 N–H and O–H groups in total. The number of nitrogen functional groups attached to an aromatic ring is 1. The van der Waals surface area contributed by atoms with Crippen LogP contribution in [-0.4, -0.2) is 11.9 Å². The topological polar surface area (TPSA) is 81.1 Å². The molecule has 106 valence electrons. The van der Waals surface area contributed by atoms with Crippen LogP contribution in [0.3, 0.4) is 0 Å². The number of nitrogens with two attached hydrogens (primary N) is 2. The Labute approximate surface area is 115 Å². The Kier molecular flexibility index (Phi) is 5.67. The zero-order valence-electron chi connectivity index (χ0n) is 12.1. The average Bonchev–Trinajstić information content (AvgIpc) is 2.30. The second-order valence-corrected chi connectivity index (χ2v) is 5.54. The lowest BCUT2D eigenvalue weighted by atomic mass is 10.0. The number of anilines is 2. The molecule has 0 saturated carbocycles. The van der Waals surface area contributed by atoms with Gasteiger partial charge in [0, 0.05) is 17.4 Å². The maximum Gasteiger partial charge on any atom is 0.250 e. The molecule has 4 nitrogen and oxygen atoms in total. The van der Waals surface area contributed by atoms with Crippen LogP contribution in [0, 0.1) is 5.92 Å². The molecule has 1 atom stereocenters. The fraction of sp³-hybridized carbons (Fsp3) is 0.533. The van der Waals surface area contributed by atoms with E-state index in [4.69, 9.17) is 11.5 Å². The predicted molar refractivity (Wildman–Crippen MR) is 81.1 cm³/mol. The van der Waals surface area contributed by atoms with E-state index in [9.17, 15) is 4.79 Å². The minimum Gasteiger partial charge on any atom is -0.399 e. The molecule has 1 unspecified atom stereocenters. The molecule has 0 aliphatic rings.